The summed E-state index contributed by atoms with van der Waals surface area (Å²) in [6.07, 6.45) is 2.13. The molecule has 0 saturated carbocycles. The highest BCUT2D eigenvalue weighted by atomic mass is 32.2. The summed E-state index contributed by atoms with van der Waals surface area (Å²) in [5.41, 5.74) is 0.619. The van der Waals surface area contributed by atoms with Gasteiger partial charge in [0.05, 0.1) is 19.3 Å². The highest BCUT2D eigenvalue weighted by Crippen LogP contribution is 2.37. The number of carbonyl (C=O) groups is 1. The maximum absolute atomic E-state index is 14.5. The number of aromatic nitrogens is 4. The number of halogens is 1. The molecule has 2 aromatic heterocycles. The zero-order chi connectivity index (χ0) is 19.5. The van der Waals surface area contributed by atoms with Crippen molar-refractivity contribution in [2.24, 2.45) is 0 Å². The van der Waals surface area contributed by atoms with Gasteiger partial charge in [-0.2, -0.15) is 0 Å². The second-order valence-corrected chi connectivity index (χ2v) is 8.31. The van der Waals surface area contributed by atoms with E-state index in [2.05, 4.69) is 15.5 Å². The Bertz CT molecular complexity index is 985. The van der Waals surface area contributed by atoms with Gasteiger partial charge >= 0.3 is 5.97 Å². The normalized spacial score (nSPS) is 16.7. The molecule has 0 N–H and O–H groups in total. The van der Waals surface area contributed by atoms with Crippen molar-refractivity contribution >= 4 is 39.2 Å². The van der Waals surface area contributed by atoms with Crippen molar-refractivity contribution in [2.45, 2.75) is 43.3 Å². The fourth-order valence-electron chi connectivity index (χ4n) is 3.20. The molecule has 0 bridgehead atoms. The van der Waals surface area contributed by atoms with Crippen LogP contribution >= 0.6 is 23.1 Å². The summed E-state index contributed by atoms with van der Waals surface area (Å²) in [4.78, 5) is 12.8. The van der Waals surface area contributed by atoms with Crippen molar-refractivity contribution in [3.8, 4) is 0 Å². The number of fused-ring (bicyclic) bond motifs is 1. The minimum atomic E-state index is -0.433. The lowest BCUT2D eigenvalue weighted by Crippen LogP contribution is -2.16. The van der Waals surface area contributed by atoms with Crippen LogP contribution in [0.3, 0.4) is 0 Å². The summed E-state index contributed by atoms with van der Waals surface area (Å²) in [6, 6.07) is 4.85. The largest absolute Gasteiger partial charge is 0.462 e. The first-order valence-corrected chi connectivity index (χ1v) is 10.8. The molecule has 1 aliphatic rings. The Labute approximate surface area is 169 Å². The van der Waals surface area contributed by atoms with Gasteiger partial charge in [0.15, 0.2) is 0 Å². The molecule has 1 unspecified atom stereocenters. The van der Waals surface area contributed by atoms with Crippen LogP contribution in [0, 0.1) is 5.82 Å². The highest BCUT2D eigenvalue weighted by Gasteiger charge is 2.23. The predicted molar refractivity (Wildman–Crippen MR) is 104 cm³/mol. The smallest absolute Gasteiger partial charge is 0.348 e. The number of benzene rings is 1. The average molecular weight is 423 g/mol. The van der Waals surface area contributed by atoms with Gasteiger partial charge in [-0.05, 0) is 47.9 Å². The summed E-state index contributed by atoms with van der Waals surface area (Å²) in [6.45, 7) is 3.36. The second kappa shape index (κ2) is 8.54. The Morgan fingerprint density at radius 3 is 3.18 bits per heavy atom. The summed E-state index contributed by atoms with van der Waals surface area (Å²) >= 11 is 2.62. The number of thiophene rings is 1. The van der Waals surface area contributed by atoms with Crippen LogP contribution in [0.15, 0.2) is 23.4 Å². The van der Waals surface area contributed by atoms with Crippen LogP contribution in [-0.4, -0.2) is 45.5 Å². The Kier molecular flexibility index (Phi) is 5.88. The molecule has 148 valence electrons. The van der Waals surface area contributed by atoms with Crippen LogP contribution in [0.4, 0.5) is 4.39 Å². The number of ether oxygens (including phenoxy) is 2. The molecule has 1 saturated heterocycles. The van der Waals surface area contributed by atoms with Gasteiger partial charge in [0, 0.05) is 22.4 Å². The first-order chi connectivity index (χ1) is 13.7. The van der Waals surface area contributed by atoms with Gasteiger partial charge in [-0.25, -0.2) is 13.9 Å². The molecule has 0 spiro atoms. The van der Waals surface area contributed by atoms with Gasteiger partial charge in [0.1, 0.15) is 10.7 Å². The number of hydrogen-bond acceptors (Lipinski definition) is 8. The molecule has 7 nitrogen and oxygen atoms in total. The van der Waals surface area contributed by atoms with E-state index in [1.54, 1.807) is 17.7 Å². The zero-order valence-corrected chi connectivity index (χ0v) is 16.9. The molecule has 1 fully saturated rings. The number of hydrogen-bond donors (Lipinski definition) is 0. The summed E-state index contributed by atoms with van der Waals surface area (Å²) in [7, 11) is 0. The van der Waals surface area contributed by atoms with Gasteiger partial charge in [0.25, 0.3) is 0 Å². The average Bonchev–Trinajstić information content (AvgIpc) is 3.41. The molecule has 28 heavy (non-hydrogen) atoms. The van der Waals surface area contributed by atoms with Crippen LogP contribution in [0.25, 0.3) is 10.1 Å². The third-order valence-corrected chi connectivity index (χ3v) is 6.63. The number of thioether (sulfide) groups is 1. The lowest BCUT2D eigenvalue weighted by Gasteiger charge is -2.10. The monoisotopic (exact) mass is 422 g/mol. The maximum Gasteiger partial charge on any atom is 0.348 e. The van der Waals surface area contributed by atoms with Gasteiger partial charge in [-0.3, -0.25) is 0 Å². The standard InChI is InChI=1S/C18H19FN4O3S2/c1-2-25-17(24)16-12(15-13(19)6-3-7-14(15)28-16)10-27-18-20-21-22-23(18)9-11-5-4-8-26-11/h3,6-7,11H,2,4-5,8-10H2,1H3. The Balaban J connectivity index is 1.60. The SMILES string of the molecule is CCOC(=O)c1sc2cccc(F)c2c1CSc1nnnn1CC1CCCO1. The van der Waals surface area contributed by atoms with E-state index in [0.717, 1.165) is 24.1 Å². The van der Waals surface area contributed by atoms with E-state index in [9.17, 15) is 9.18 Å². The number of nitrogens with zero attached hydrogens (tertiary/aromatic N) is 4. The van der Waals surface area contributed by atoms with Crippen LogP contribution in [-0.2, 0) is 21.8 Å². The molecule has 0 aliphatic carbocycles. The highest BCUT2D eigenvalue weighted by molar-refractivity contribution is 7.98. The first kappa shape index (κ1) is 19.3. The second-order valence-electron chi connectivity index (χ2n) is 6.31. The Morgan fingerprint density at radius 1 is 1.50 bits per heavy atom. The predicted octanol–water partition coefficient (Wildman–Crippen LogP) is 3.67. The molecule has 1 aliphatic heterocycles. The van der Waals surface area contributed by atoms with Crippen LogP contribution < -0.4 is 0 Å². The summed E-state index contributed by atoms with van der Waals surface area (Å²) in [5, 5.41) is 12.9. The number of tetrazole rings is 1. The summed E-state index contributed by atoms with van der Waals surface area (Å²) in [5.74, 6) is -0.419. The fourth-order valence-corrected chi connectivity index (χ4v) is 5.34. The third-order valence-electron chi connectivity index (χ3n) is 4.47. The van der Waals surface area contributed by atoms with Crippen molar-refractivity contribution in [3.63, 3.8) is 0 Å². The van der Waals surface area contributed by atoms with E-state index >= 15 is 0 Å². The van der Waals surface area contributed by atoms with Crippen LogP contribution in [0.5, 0.6) is 0 Å². The molecule has 0 radical (unpaired) electrons. The Morgan fingerprint density at radius 2 is 2.39 bits per heavy atom. The molecule has 3 heterocycles. The molecule has 3 aromatic rings. The van der Waals surface area contributed by atoms with Crippen molar-refractivity contribution in [3.05, 3.63) is 34.5 Å². The number of rotatable bonds is 7. The molecule has 10 heteroatoms. The van der Waals surface area contributed by atoms with E-state index in [1.165, 1.54) is 29.2 Å². The van der Waals surface area contributed by atoms with Crippen molar-refractivity contribution in [2.75, 3.05) is 13.2 Å². The lowest BCUT2D eigenvalue weighted by molar-refractivity contribution is 0.0531. The van der Waals surface area contributed by atoms with Gasteiger partial charge < -0.3 is 9.47 Å². The van der Waals surface area contributed by atoms with Crippen molar-refractivity contribution < 1.29 is 18.7 Å². The quantitative estimate of drug-likeness (QED) is 0.424. The molecule has 4 rings (SSSR count). The fraction of sp³-hybridized carbons (Fsp3) is 0.444. The van der Waals surface area contributed by atoms with Crippen molar-refractivity contribution in [1.82, 2.24) is 20.2 Å². The molecular weight excluding hydrogens is 403 g/mol. The molecule has 1 aromatic carbocycles. The van der Waals surface area contributed by atoms with E-state index in [-0.39, 0.29) is 18.5 Å². The van der Waals surface area contributed by atoms with Gasteiger partial charge in [0.2, 0.25) is 5.16 Å². The van der Waals surface area contributed by atoms with Gasteiger partial charge in [-0.1, -0.05) is 17.8 Å². The maximum atomic E-state index is 14.5. The topological polar surface area (TPSA) is 79.1 Å². The van der Waals surface area contributed by atoms with Crippen LogP contribution in [0.1, 0.15) is 35.0 Å². The molecule has 0 amide bonds. The van der Waals surface area contributed by atoms with Crippen LogP contribution in [0.2, 0.25) is 0 Å². The molecular formula is C18H19FN4O3S2. The van der Waals surface area contributed by atoms with Crippen molar-refractivity contribution in [1.29, 1.82) is 0 Å². The number of carbonyl (C=O) groups excluding carboxylic acids is 1. The minimum Gasteiger partial charge on any atom is -0.462 e. The molecule has 1 atom stereocenters. The Hall–Kier alpha value is -2.04. The minimum absolute atomic E-state index is 0.109. The van der Waals surface area contributed by atoms with Gasteiger partial charge in [-0.15, -0.1) is 16.4 Å². The first-order valence-electron chi connectivity index (χ1n) is 9.05. The van der Waals surface area contributed by atoms with E-state index in [0.29, 0.717) is 33.3 Å². The third kappa shape index (κ3) is 3.89. The lowest BCUT2D eigenvalue weighted by atomic mass is 10.1. The number of esters is 1. The van der Waals surface area contributed by atoms with E-state index < -0.39 is 5.97 Å². The van der Waals surface area contributed by atoms with E-state index in [1.807, 2.05) is 6.07 Å². The van der Waals surface area contributed by atoms with E-state index in [4.69, 9.17) is 9.47 Å². The zero-order valence-electron chi connectivity index (χ0n) is 15.3. The summed E-state index contributed by atoms with van der Waals surface area (Å²) < 4.78 is 27.7.